The summed E-state index contributed by atoms with van der Waals surface area (Å²) in [6.45, 7) is 5.95. The average Bonchev–Trinajstić information content (AvgIpc) is 2.61. The van der Waals surface area contributed by atoms with Crippen molar-refractivity contribution in [1.29, 1.82) is 0 Å². The summed E-state index contributed by atoms with van der Waals surface area (Å²) >= 11 is 0. The summed E-state index contributed by atoms with van der Waals surface area (Å²) in [7, 11) is 0. The normalized spacial score (nSPS) is 42.3. The Kier molecular flexibility index (Phi) is 2.63. The van der Waals surface area contributed by atoms with Gasteiger partial charge in [0.2, 0.25) is 0 Å². The summed E-state index contributed by atoms with van der Waals surface area (Å²) in [6.07, 6.45) is 1.96. The van der Waals surface area contributed by atoms with Gasteiger partial charge in [0.25, 0.3) is 0 Å². The first-order chi connectivity index (χ1) is 7.07. The fourth-order valence-electron chi connectivity index (χ4n) is 2.64. The second kappa shape index (κ2) is 3.67. The lowest BCUT2D eigenvalue weighted by molar-refractivity contribution is -0.157. The Hall–Kier alpha value is -0.770. The van der Waals surface area contributed by atoms with Crippen LogP contribution in [0.5, 0.6) is 0 Å². The minimum Gasteiger partial charge on any atom is -0.344 e. The number of rotatable bonds is 2. The van der Waals surface area contributed by atoms with Gasteiger partial charge in [-0.25, -0.2) is 0 Å². The summed E-state index contributed by atoms with van der Waals surface area (Å²) in [4.78, 5) is 2.88. The third-order valence-electron chi connectivity index (χ3n) is 3.28. The van der Waals surface area contributed by atoms with Gasteiger partial charge in [-0.1, -0.05) is 18.5 Å². The van der Waals surface area contributed by atoms with E-state index >= 15 is 0 Å². The third kappa shape index (κ3) is 1.83. The number of fused-ring (bicyclic) bond motifs is 1. The van der Waals surface area contributed by atoms with Crippen LogP contribution in [-0.2, 0) is 9.47 Å². The molecule has 0 N–H and O–H groups in total. The van der Waals surface area contributed by atoms with Crippen molar-refractivity contribution in [2.75, 3.05) is 0 Å². The third-order valence-corrected chi connectivity index (χ3v) is 3.28. The molecule has 2 fully saturated rings. The molecule has 0 bridgehead atoms. The molecule has 2 rings (SSSR count). The van der Waals surface area contributed by atoms with E-state index in [0.717, 1.165) is 12.8 Å². The second-order valence-corrected chi connectivity index (χ2v) is 4.74. The lowest BCUT2D eigenvalue weighted by atomic mass is 10.0. The Bertz CT molecular complexity index is 299. The molecular formula is C10H17N3O2. The molecule has 0 radical (unpaired) electrons. The number of hydrogen-bond donors (Lipinski definition) is 0. The van der Waals surface area contributed by atoms with Gasteiger partial charge in [-0.2, -0.15) is 0 Å². The average molecular weight is 211 g/mol. The van der Waals surface area contributed by atoms with Crippen molar-refractivity contribution in [2.24, 2.45) is 11.0 Å². The van der Waals surface area contributed by atoms with Gasteiger partial charge in [0.05, 0.1) is 18.2 Å². The standard InChI is InChI=1S/C10H17N3O2/c1-4-6-5-7(12-13-11)9-8(6)14-10(2,3)15-9/h6-9H,4-5H2,1-3H3/t6-,7-,8-,9?/m0/s1. The molecule has 84 valence electrons. The molecule has 1 aliphatic heterocycles. The van der Waals surface area contributed by atoms with Gasteiger partial charge in [-0.05, 0) is 31.7 Å². The molecule has 1 heterocycles. The van der Waals surface area contributed by atoms with Crippen molar-refractivity contribution in [2.45, 2.75) is 57.6 Å². The fourth-order valence-corrected chi connectivity index (χ4v) is 2.64. The zero-order valence-electron chi connectivity index (χ0n) is 9.38. The van der Waals surface area contributed by atoms with E-state index in [1.54, 1.807) is 0 Å². The Balaban J connectivity index is 2.18. The minimum absolute atomic E-state index is 0.0548. The first-order valence-corrected chi connectivity index (χ1v) is 5.47. The Morgan fingerprint density at radius 1 is 1.40 bits per heavy atom. The van der Waals surface area contributed by atoms with Crippen LogP contribution in [0.15, 0.2) is 5.11 Å². The Labute approximate surface area is 89.4 Å². The minimum atomic E-state index is -0.535. The van der Waals surface area contributed by atoms with Crippen LogP contribution in [0.4, 0.5) is 0 Å². The van der Waals surface area contributed by atoms with Crippen LogP contribution in [0, 0.1) is 5.92 Å². The van der Waals surface area contributed by atoms with Crippen LogP contribution in [0.3, 0.4) is 0 Å². The summed E-state index contributed by atoms with van der Waals surface area (Å²) in [5.41, 5.74) is 8.50. The van der Waals surface area contributed by atoms with E-state index in [0.29, 0.717) is 5.92 Å². The number of ether oxygens (including phenoxy) is 2. The topological polar surface area (TPSA) is 67.2 Å². The molecule has 5 nitrogen and oxygen atoms in total. The van der Waals surface area contributed by atoms with Crippen LogP contribution in [0.25, 0.3) is 10.4 Å². The maximum Gasteiger partial charge on any atom is 0.163 e. The zero-order chi connectivity index (χ0) is 11.1. The maximum absolute atomic E-state index is 8.50. The van der Waals surface area contributed by atoms with Gasteiger partial charge in [0.1, 0.15) is 0 Å². The van der Waals surface area contributed by atoms with E-state index in [9.17, 15) is 0 Å². The van der Waals surface area contributed by atoms with Crippen molar-refractivity contribution in [3.8, 4) is 0 Å². The van der Waals surface area contributed by atoms with Gasteiger partial charge in [-0.15, -0.1) is 0 Å². The highest BCUT2D eigenvalue weighted by Gasteiger charge is 2.52. The van der Waals surface area contributed by atoms with Crippen LogP contribution < -0.4 is 0 Å². The van der Waals surface area contributed by atoms with Crippen LogP contribution in [0.1, 0.15) is 33.6 Å². The lowest BCUT2D eigenvalue weighted by Gasteiger charge is -2.21. The molecule has 15 heavy (non-hydrogen) atoms. The molecule has 1 saturated carbocycles. The van der Waals surface area contributed by atoms with Gasteiger partial charge >= 0.3 is 0 Å². The maximum atomic E-state index is 8.50. The van der Waals surface area contributed by atoms with Gasteiger partial charge in [0, 0.05) is 4.91 Å². The van der Waals surface area contributed by atoms with E-state index in [2.05, 4.69) is 16.9 Å². The van der Waals surface area contributed by atoms with E-state index in [-0.39, 0.29) is 18.2 Å². The molecule has 4 atom stereocenters. The molecule has 0 amide bonds. The molecule has 1 unspecified atom stereocenters. The fraction of sp³-hybridized carbons (Fsp3) is 1.00. The number of nitrogens with zero attached hydrogens (tertiary/aromatic N) is 3. The summed E-state index contributed by atoms with van der Waals surface area (Å²) in [5, 5.41) is 3.81. The zero-order valence-corrected chi connectivity index (χ0v) is 9.38. The Morgan fingerprint density at radius 2 is 2.07 bits per heavy atom. The van der Waals surface area contributed by atoms with Crippen LogP contribution in [0.2, 0.25) is 0 Å². The number of azide groups is 1. The van der Waals surface area contributed by atoms with Gasteiger partial charge in [0.15, 0.2) is 5.79 Å². The summed E-state index contributed by atoms with van der Waals surface area (Å²) in [5.74, 6) is -0.0841. The monoisotopic (exact) mass is 211 g/mol. The van der Waals surface area contributed by atoms with Gasteiger partial charge in [-0.3, -0.25) is 0 Å². The first-order valence-electron chi connectivity index (χ1n) is 5.47. The molecule has 2 aliphatic rings. The molecule has 5 heteroatoms. The van der Waals surface area contributed by atoms with E-state index < -0.39 is 5.79 Å². The molecule has 0 aromatic carbocycles. The highest BCUT2D eigenvalue weighted by molar-refractivity contribution is 5.01. The molecule has 0 aromatic rings. The predicted molar refractivity (Wildman–Crippen MR) is 55.2 cm³/mol. The second-order valence-electron chi connectivity index (χ2n) is 4.74. The largest absolute Gasteiger partial charge is 0.344 e. The quantitative estimate of drug-likeness (QED) is 0.400. The van der Waals surface area contributed by atoms with E-state index in [4.69, 9.17) is 15.0 Å². The van der Waals surface area contributed by atoms with E-state index in [1.165, 1.54) is 0 Å². The molecule has 1 aliphatic carbocycles. The Morgan fingerprint density at radius 3 is 2.67 bits per heavy atom. The lowest BCUT2D eigenvalue weighted by Crippen LogP contribution is -2.27. The van der Waals surface area contributed by atoms with Crippen molar-refractivity contribution in [1.82, 2.24) is 0 Å². The van der Waals surface area contributed by atoms with Crippen LogP contribution in [-0.4, -0.2) is 24.0 Å². The van der Waals surface area contributed by atoms with Crippen molar-refractivity contribution in [3.63, 3.8) is 0 Å². The van der Waals surface area contributed by atoms with Crippen molar-refractivity contribution in [3.05, 3.63) is 10.4 Å². The van der Waals surface area contributed by atoms with Crippen LogP contribution >= 0.6 is 0 Å². The van der Waals surface area contributed by atoms with Gasteiger partial charge < -0.3 is 9.47 Å². The molecule has 0 spiro atoms. The van der Waals surface area contributed by atoms with Crippen molar-refractivity contribution >= 4 is 0 Å². The van der Waals surface area contributed by atoms with Crippen molar-refractivity contribution < 1.29 is 9.47 Å². The van der Waals surface area contributed by atoms with E-state index in [1.807, 2.05) is 13.8 Å². The molecule has 1 saturated heterocycles. The predicted octanol–water partition coefficient (Wildman–Crippen LogP) is 2.62. The smallest absolute Gasteiger partial charge is 0.163 e. The molecular weight excluding hydrogens is 194 g/mol. The highest BCUT2D eigenvalue weighted by Crippen LogP contribution is 2.43. The highest BCUT2D eigenvalue weighted by atomic mass is 16.8. The summed E-state index contributed by atoms with van der Waals surface area (Å²) in [6, 6.07) is -0.0632. The molecule has 0 aromatic heterocycles. The SMILES string of the molecule is CC[C@H]1C[C@H](N=[N+]=[N-])C2OC(C)(C)O[C@H]21. The first kappa shape index (κ1) is 10.7. The number of hydrogen-bond acceptors (Lipinski definition) is 3. The summed E-state index contributed by atoms with van der Waals surface area (Å²) < 4.78 is 11.6.